The summed E-state index contributed by atoms with van der Waals surface area (Å²) < 4.78 is 6.23. The second-order valence-corrected chi connectivity index (χ2v) is 11.3. The number of carboxylic acids is 1. The van der Waals surface area contributed by atoms with Crippen LogP contribution in [-0.4, -0.2) is 19.4 Å². The molecule has 0 radical (unpaired) electrons. The molecule has 0 amide bonds. The van der Waals surface area contributed by atoms with Gasteiger partial charge in [-0.1, -0.05) is 26.8 Å². The van der Waals surface area contributed by atoms with Crippen LogP contribution in [0.4, 0.5) is 0 Å². The molecule has 0 aliphatic carbocycles. The maximum absolute atomic E-state index is 11.4. The summed E-state index contributed by atoms with van der Waals surface area (Å²) in [6.45, 7) is 14.6. The number of aryl methyl sites for hydroxylation is 1. The second kappa shape index (κ2) is 5.00. The molecular weight excluding hydrogens is 256 g/mol. The third-order valence-electron chi connectivity index (χ3n) is 4.07. The first-order valence-electron chi connectivity index (χ1n) is 6.50. The van der Waals surface area contributed by atoms with Gasteiger partial charge in [0.1, 0.15) is 11.3 Å². The molecule has 4 heteroatoms. The largest absolute Gasteiger partial charge is 0.543 e. The van der Waals surface area contributed by atoms with Crippen molar-refractivity contribution in [2.24, 2.45) is 0 Å². The van der Waals surface area contributed by atoms with E-state index >= 15 is 0 Å². The summed E-state index contributed by atoms with van der Waals surface area (Å²) in [5.74, 6) is -0.393. The Hall–Kier alpha value is -1.29. The summed E-state index contributed by atoms with van der Waals surface area (Å²) in [6.07, 6.45) is 0. The highest BCUT2D eigenvalue weighted by Crippen LogP contribution is 2.39. The molecule has 1 aromatic carbocycles. The van der Waals surface area contributed by atoms with Crippen LogP contribution in [0.2, 0.25) is 18.1 Å². The first-order valence-corrected chi connectivity index (χ1v) is 9.40. The predicted molar refractivity (Wildman–Crippen MR) is 80.7 cm³/mol. The van der Waals surface area contributed by atoms with Crippen LogP contribution in [0.25, 0.3) is 0 Å². The van der Waals surface area contributed by atoms with Gasteiger partial charge < -0.3 is 9.53 Å². The molecule has 0 aliphatic heterocycles. The normalized spacial score (nSPS) is 12.4. The zero-order chi connectivity index (χ0) is 15.0. The number of carboxylic acid groups (broad SMARTS) is 1. The van der Waals surface area contributed by atoms with Crippen molar-refractivity contribution in [3.8, 4) is 5.75 Å². The molecule has 3 nitrogen and oxygen atoms in total. The summed E-state index contributed by atoms with van der Waals surface area (Å²) in [6, 6.07) is 3.46. The SMILES string of the molecule is Cc1ccc(C(=O)O)c(O[Si](C)(C)C(C)(C)C)c1C. The van der Waals surface area contributed by atoms with Gasteiger partial charge >= 0.3 is 5.97 Å². The van der Waals surface area contributed by atoms with Gasteiger partial charge in [-0.2, -0.15) is 0 Å². The molecular formula is C15H24O3Si. The topological polar surface area (TPSA) is 46.5 Å². The molecule has 0 aliphatic rings. The molecule has 1 rings (SSSR count). The molecule has 0 spiro atoms. The van der Waals surface area contributed by atoms with Crippen molar-refractivity contribution in [3.05, 3.63) is 28.8 Å². The van der Waals surface area contributed by atoms with Crippen molar-refractivity contribution in [1.82, 2.24) is 0 Å². The van der Waals surface area contributed by atoms with Gasteiger partial charge in [0.2, 0.25) is 0 Å². The van der Waals surface area contributed by atoms with E-state index in [4.69, 9.17) is 4.43 Å². The third kappa shape index (κ3) is 3.18. The van der Waals surface area contributed by atoms with Gasteiger partial charge in [0.05, 0.1) is 0 Å². The van der Waals surface area contributed by atoms with E-state index in [1.165, 1.54) is 0 Å². The monoisotopic (exact) mass is 280 g/mol. The van der Waals surface area contributed by atoms with E-state index < -0.39 is 14.3 Å². The first kappa shape index (κ1) is 15.8. The minimum atomic E-state index is -2.04. The summed E-state index contributed by atoms with van der Waals surface area (Å²) in [4.78, 5) is 11.4. The minimum Gasteiger partial charge on any atom is -0.543 e. The van der Waals surface area contributed by atoms with Crippen molar-refractivity contribution in [1.29, 1.82) is 0 Å². The molecule has 1 N–H and O–H groups in total. The maximum Gasteiger partial charge on any atom is 0.339 e. The van der Waals surface area contributed by atoms with Crippen LogP contribution < -0.4 is 4.43 Å². The highest BCUT2D eigenvalue weighted by atomic mass is 28.4. The lowest BCUT2D eigenvalue weighted by molar-refractivity contribution is 0.0694. The highest BCUT2D eigenvalue weighted by Gasteiger charge is 2.40. The van der Waals surface area contributed by atoms with E-state index in [1.54, 1.807) is 6.07 Å². The Kier molecular flexibility index (Phi) is 4.15. The lowest BCUT2D eigenvalue weighted by Crippen LogP contribution is -2.44. The van der Waals surface area contributed by atoms with Gasteiger partial charge in [-0.25, -0.2) is 4.79 Å². The Labute approximate surface area is 116 Å². The maximum atomic E-state index is 11.4. The minimum absolute atomic E-state index is 0.0406. The Morgan fingerprint density at radius 1 is 1.21 bits per heavy atom. The number of hydrogen-bond donors (Lipinski definition) is 1. The van der Waals surface area contributed by atoms with Crippen LogP contribution in [0.15, 0.2) is 12.1 Å². The van der Waals surface area contributed by atoms with Crippen LogP contribution in [0.5, 0.6) is 5.75 Å². The van der Waals surface area contributed by atoms with Crippen molar-refractivity contribution in [2.75, 3.05) is 0 Å². The molecule has 0 bridgehead atoms. The molecule has 0 saturated carbocycles. The van der Waals surface area contributed by atoms with Crippen LogP contribution in [0.3, 0.4) is 0 Å². The van der Waals surface area contributed by atoms with Gasteiger partial charge in [-0.3, -0.25) is 0 Å². The van der Waals surface area contributed by atoms with Crippen LogP contribution in [-0.2, 0) is 0 Å². The van der Waals surface area contributed by atoms with Gasteiger partial charge in [-0.05, 0) is 49.2 Å². The molecule has 0 fully saturated rings. The Bertz CT molecular complexity index is 499. The summed E-state index contributed by atoms with van der Waals surface area (Å²) in [7, 11) is -2.04. The molecule has 0 heterocycles. The summed E-state index contributed by atoms with van der Waals surface area (Å²) in [5, 5.41) is 9.36. The smallest absolute Gasteiger partial charge is 0.339 e. The van der Waals surface area contributed by atoms with E-state index in [2.05, 4.69) is 33.9 Å². The second-order valence-electron chi connectivity index (χ2n) is 6.55. The van der Waals surface area contributed by atoms with Crippen molar-refractivity contribution < 1.29 is 14.3 Å². The predicted octanol–water partition coefficient (Wildman–Crippen LogP) is 4.39. The number of hydrogen-bond acceptors (Lipinski definition) is 2. The first-order chi connectivity index (χ1) is 8.47. The summed E-state index contributed by atoms with van der Waals surface area (Å²) >= 11 is 0. The van der Waals surface area contributed by atoms with Crippen molar-refractivity contribution in [3.63, 3.8) is 0 Å². The fourth-order valence-electron chi connectivity index (χ4n) is 1.50. The number of carbonyl (C=O) groups is 1. The zero-order valence-corrected chi connectivity index (χ0v) is 13.9. The molecule has 0 aromatic heterocycles. The Balaban J connectivity index is 3.35. The molecule has 1 aromatic rings. The van der Waals surface area contributed by atoms with Crippen molar-refractivity contribution in [2.45, 2.75) is 52.8 Å². The van der Waals surface area contributed by atoms with Crippen LogP contribution in [0.1, 0.15) is 42.3 Å². The fourth-order valence-corrected chi connectivity index (χ4v) is 2.58. The highest BCUT2D eigenvalue weighted by molar-refractivity contribution is 6.74. The van der Waals surface area contributed by atoms with Crippen LogP contribution in [0, 0.1) is 13.8 Å². The third-order valence-corrected chi connectivity index (χ3v) is 8.40. The molecule has 0 atom stereocenters. The Morgan fingerprint density at radius 3 is 2.16 bits per heavy atom. The van der Waals surface area contributed by atoms with E-state index in [0.29, 0.717) is 5.75 Å². The summed E-state index contributed by atoms with van der Waals surface area (Å²) in [5.41, 5.74) is 2.23. The number of benzene rings is 1. The zero-order valence-electron chi connectivity index (χ0n) is 12.9. The average molecular weight is 280 g/mol. The van der Waals surface area contributed by atoms with E-state index in [9.17, 15) is 9.90 Å². The standard InChI is InChI=1S/C15H24O3Si/c1-10-8-9-12(14(16)17)13(11(10)2)18-19(6,7)15(3,4)5/h8-9H,1-7H3,(H,16,17). The lowest BCUT2D eigenvalue weighted by Gasteiger charge is -2.37. The fraction of sp³-hybridized carbons (Fsp3) is 0.533. The average Bonchev–Trinajstić information content (AvgIpc) is 2.22. The van der Waals surface area contributed by atoms with E-state index in [-0.39, 0.29) is 10.6 Å². The van der Waals surface area contributed by atoms with Gasteiger partial charge in [0, 0.05) is 0 Å². The number of rotatable bonds is 3. The quantitative estimate of drug-likeness (QED) is 0.835. The lowest BCUT2D eigenvalue weighted by atomic mass is 10.0. The Morgan fingerprint density at radius 2 is 1.74 bits per heavy atom. The van der Waals surface area contributed by atoms with Crippen LogP contribution >= 0.6 is 0 Å². The van der Waals surface area contributed by atoms with Gasteiger partial charge in [-0.15, -0.1) is 0 Å². The molecule has 0 unspecified atom stereocenters. The molecule has 0 saturated heterocycles. The molecule has 106 valence electrons. The van der Waals surface area contributed by atoms with E-state index in [1.807, 2.05) is 19.9 Å². The van der Waals surface area contributed by atoms with E-state index in [0.717, 1.165) is 11.1 Å². The number of aromatic carboxylic acids is 1. The molecule has 19 heavy (non-hydrogen) atoms. The van der Waals surface area contributed by atoms with Crippen molar-refractivity contribution >= 4 is 14.3 Å². The van der Waals surface area contributed by atoms with Gasteiger partial charge in [0.15, 0.2) is 0 Å². The van der Waals surface area contributed by atoms with Gasteiger partial charge in [0.25, 0.3) is 8.32 Å².